The molecule has 15 heavy (non-hydrogen) atoms. The highest BCUT2D eigenvalue weighted by atomic mass is 19.3. The van der Waals surface area contributed by atoms with E-state index >= 15 is 0 Å². The van der Waals surface area contributed by atoms with Crippen LogP contribution in [0.3, 0.4) is 0 Å². The number of halogens is 3. The summed E-state index contributed by atoms with van der Waals surface area (Å²) in [6, 6.07) is 6.87. The van der Waals surface area contributed by atoms with Crippen LogP contribution in [0, 0.1) is 5.82 Å². The molecular formula is C11H7F3O. The molecule has 2 aromatic rings. The summed E-state index contributed by atoms with van der Waals surface area (Å²) in [6.07, 6.45) is -1.50. The first kappa shape index (κ1) is 9.83. The van der Waals surface area contributed by atoms with Crippen LogP contribution in [0.2, 0.25) is 0 Å². The molecule has 0 aliphatic carbocycles. The molecule has 1 nitrogen and oxygen atoms in total. The molecule has 0 aliphatic heterocycles. The Labute approximate surface area is 84.1 Å². The largest absolute Gasteiger partial charge is 0.464 e. The van der Waals surface area contributed by atoms with Gasteiger partial charge in [0.1, 0.15) is 11.6 Å². The van der Waals surface area contributed by atoms with E-state index in [0.717, 1.165) is 6.07 Å². The average molecular weight is 212 g/mol. The molecule has 0 bridgehead atoms. The van der Waals surface area contributed by atoms with Crippen molar-refractivity contribution >= 4 is 0 Å². The monoisotopic (exact) mass is 212 g/mol. The minimum atomic E-state index is -2.86. The van der Waals surface area contributed by atoms with Gasteiger partial charge in [0, 0.05) is 5.56 Å². The molecule has 0 amide bonds. The fourth-order valence-corrected chi connectivity index (χ4v) is 1.41. The third kappa shape index (κ3) is 1.75. The molecule has 0 unspecified atom stereocenters. The highest BCUT2D eigenvalue weighted by molar-refractivity contribution is 5.62. The average Bonchev–Trinajstić information content (AvgIpc) is 2.69. The molecule has 4 heteroatoms. The van der Waals surface area contributed by atoms with Gasteiger partial charge in [-0.25, -0.2) is 13.2 Å². The molecule has 78 valence electrons. The van der Waals surface area contributed by atoms with Crippen molar-refractivity contribution in [2.45, 2.75) is 6.43 Å². The summed E-state index contributed by atoms with van der Waals surface area (Å²) in [7, 11) is 0. The second-order valence-corrected chi connectivity index (χ2v) is 2.98. The van der Waals surface area contributed by atoms with Crippen LogP contribution in [-0.4, -0.2) is 0 Å². The Balaban J connectivity index is 2.61. The van der Waals surface area contributed by atoms with Crippen LogP contribution < -0.4 is 0 Å². The third-order valence-corrected chi connectivity index (χ3v) is 2.06. The minimum Gasteiger partial charge on any atom is -0.464 e. The maximum atomic E-state index is 13.2. The van der Waals surface area contributed by atoms with Crippen LogP contribution in [0.1, 0.15) is 12.0 Å². The Morgan fingerprint density at radius 1 is 1.07 bits per heavy atom. The molecule has 0 saturated heterocycles. The highest BCUT2D eigenvalue weighted by Gasteiger charge is 2.20. The normalized spacial score (nSPS) is 10.9. The van der Waals surface area contributed by atoms with E-state index in [2.05, 4.69) is 0 Å². The SMILES string of the molecule is Fc1cccc(-c2ccco2)c1C(F)F. The van der Waals surface area contributed by atoms with Crippen molar-refractivity contribution in [1.82, 2.24) is 0 Å². The van der Waals surface area contributed by atoms with Crippen LogP contribution in [0.4, 0.5) is 13.2 Å². The predicted octanol–water partition coefficient (Wildman–Crippen LogP) is 4.02. The van der Waals surface area contributed by atoms with Crippen LogP contribution in [0.15, 0.2) is 41.0 Å². The molecule has 0 N–H and O–H groups in total. The van der Waals surface area contributed by atoms with E-state index in [4.69, 9.17) is 4.42 Å². The van der Waals surface area contributed by atoms with Crippen molar-refractivity contribution in [3.8, 4) is 11.3 Å². The Bertz CT molecular complexity index is 449. The van der Waals surface area contributed by atoms with Gasteiger partial charge >= 0.3 is 0 Å². The van der Waals surface area contributed by atoms with Crippen molar-refractivity contribution in [3.63, 3.8) is 0 Å². The molecule has 1 heterocycles. The van der Waals surface area contributed by atoms with Crippen LogP contribution >= 0.6 is 0 Å². The van der Waals surface area contributed by atoms with E-state index in [1.807, 2.05) is 0 Å². The fraction of sp³-hybridized carbons (Fsp3) is 0.0909. The van der Waals surface area contributed by atoms with Gasteiger partial charge in [-0.2, -0.15) is 0 Å². The molecular weight excluding hydrogens is 205 g/mol. The molecule has 0 saturated carbocycles. The first-order valence-corrected chi connectivity index (χ1v) is 4.30. The first-order chi connectivity index (χ1) is 7.20. The van der Waals surface area contributed by atoms with Crippen molar-refractivity contribution in [2.75, 3.05) is 0 Å². The summed E-state index contributed by atoms with van der Waals surface area (Å²) in [4.78, 5) is 0. The topological polar surface area (TPSA) is 13.1 Å². The number of alkyl halides is 2. The van der Waals surface area contributed by atoms with Gasteiger partial charge in [0.15, 0.2) is 0 Å². The molecule has 0 aliphatic rings. The predicted molar refractivity (Wildman–Crippen MR) is 49.1 cm³/mol. The zero-order valence-electron chi connectivity index (χ0n) is 7.58. The lowest BCUT2D eigenvalue weighted by molar-refractivity contribution is 0.147. The molecule has 2 rings (SSSR count). The summed E-state index contributed by atoms with van der Waals surface area (Å²) in [6.45, 7) is 0. The lowest BCUT2D eigenvalue weighted by Crippen LogP contribution is -1.94. The number of rotatable bonds is 2. The van der Waals surface area contributed by atoms with E-state index in [0.29, 0.717) is 0 Å². The van der Waals surface area contributed by atoms with Gasteiger partial charge < -0.3 is 4.42 Å². The summed E-state index contributed by atoms with van der Waals surface area (Å²) in [5.41, 5.74) is -0.526. The first-order valence-electron chi connectivity index (χ1n) is 4.30. The van der Waals surface area contributed by atoms with Crippen LogP contribution in [0.25, 0.3) is 11.3 Å². The Morgan fingerprint density at radius 3 is 2.47 bits per heavy atom. The molecule has 0 fully saturated rings. The van der Waals surface area contributed by atoms with Crippen LogP contribution in [0.5, 0.6) is 0 Å². The highest BCUT2D eigenvalue weighted by Crippen LogP contribution is 2.33. The maximum absolute atomic E-state index is 13.2. The molecule has 0 atom stereocenters. The van der Waals surface area contributed by atoms with Gasteiger partial charge in [0.2, 0.25) is 0 Å². The Hall–Kier alpha value is -1.71. The van der Waals surface area contributed by atoms with E-state index in [1.54, 1.807) is 6.07 Å². The Morgan fingerprint density at radius 2 is 1.87 bits per heavy atom. The Kier molecular flexibility index (Phi) is 2.49. The second kappa shape index (κ2) is 3.81. The maximum Gasteiger partial charge on any atom is 0.267 e. The summed E-state index contributed by atoms with van der Waals surface area (Å²) < 4.78 is 43.3. The number of hydrogen-bond donors (Lipinski definition) is 0. The number of furan rings is 1. The lowest BCUT2D eigenvalue weighted by atomic mass is 10.1. The standard InChI is InChI=1S/C11H7F3O/c12-8-4-1-3-7(10(8)11(13)14)9-5-2-6-15-9/h1-6,11H. The molecule has 1 aromatic carbocycles. The summed E-state index contributed by atoms with van der Waals surface area (Å²) >= 11 is 0. The quantitative estimate of drug-likeness (QED) is 0.732. The smallest absolute Gasteiger partial charge is 0.267 e. The molecule has 0 radical (unpaired) electrons. The van der Waals surface area contributed by atoms with E-state index < -0.39 is 17.8 Å². The van der Waals surface area contributed by atoms with Gasteiger partial charge in [-0.15, -0.1) is 0 Å². The van der Waals surface area contributed by atoms with Gasteiger partial charge in [-0.3, -0.25) is 0 Å². The molecule has 1 aromatic heterocycles. The zero-order valence-corrected chi connectivity index (χ0v) is 7.58. The fourth-order valence-electron chi connectivity index (χ4n) is 1.41. The van der Waals surface area contributed by atoms with Crippen molar-refractivity contribution in [1.29, 1.82) is 0 Å². The summed E-state index contributed by atoms with van der Waals surface area (Å²) in [5, 5.41) is 0. The van der Waals surface area contributed by atoms with Gasteiger partial charge in [-0.05, 0) is 18.2 Å². The van der Waals surface area contributed by atoms with E-state index in [9.17, 15) is 13.2 Å². The van der Waals surface area contributed by atoms with E-state index in [1.165, 1.54) is 24.5 Å². The molecule has 0 spiro atoms. The van der Waals surface area contributed by atoms with E-state index in [-0.39, 0.29) is 11.3 Å². The van der Waals surface area contributed by atoms with Gasteiger partial charge in [-0.1, -0.05) is 12.1 Å². The lowest BCUT2D eigenvalue weighted by Gasteiger charge is -2.07. The zero-order chi connectivity index (χ0) is 10.8. The van der Waals surface area contributed by atoms with Crippen molar-refractivity contribution in [2.24, 2.45) is 0 Å². The second-order valence-electron chi connectivity index (χ2n) is 2.98. The van der Waals surface area contributed by atoms with Crippen LogP contribution in [-0.2, 0) is 0 Å². The van der Waals surface area contributed by atoms with Crippen molar-refractivity contribution in [3.05, 3.63) is 48.0 Å². The third-order valence-electron chi connectivity index (χ3n) is 2.06. The number of hydrogen-bond acceptors (Lipinski definition) is 1. The van der Waals surface area contributed by atoms with Crippen molar-refractivity contribution < 1.29 is 17.6 Å². The number of benzene rings is 1. The minimum absolute atomic E-state index is 0.0926. The van der Waals surface area contributed by atoms with Gasteiger partial charge in [0.05, 0.1) is 11.8 Å². The van der Waals surface area contributed by atoms with Gasteiger partial charge in [0.25, 0.3) is 6.43 Å². The summed E-state index contributed by atoms with van der Waals surface area (Å²) in [5.74, 6) is -0.677.